The van der Waals surface area contributed by atoms with E-state index in [4.69, 9.17) is 15.9 Å². The van der Waals surface area contributed by atoms with E-state index < -0.39 is 5.97 Å². The monoisotopic (exact) mass is 213 g/mol. The molecular weight excluding hydrogens is 201 g/mol. The molecule has 1 aromatic carbocycles. The normalized spacial score (nSPS) is 7.43. The molecule has 14 heavy (non-hydrogen) atoms. The molecule has 0 saturated carbocycles. The van der Waals surface area contributed by atoms with Crippen molar-refractivity contribution < 1.29 is 26.0 Å². The molecule has 0 aliphatic rings. The molecule has 76 valence electrons. The van der Waals surface area contributed by atoms with Crippen LogP contribution in [0, 0.1) is 0 Å². The minimum absolute atomic E-state index is 0. The Hall–Kier alpha value is -0.790. The Kier molecular flexibility index (Phi) is 10.3. The Balaban J connectivity index is -0.000000403. The van der Waals surface area contributed by atoms with Crippen molar-refractivity contribution >= 4 is 41.2 Å². The van der Waals surface area contributed by atoms with Gasteiger partial charge in [0, 0.05) is 11.8 Å². The number of benzene rings is 1. The first-order valence-corrected chi connectivity index (χ1v) is 2.93. The number of aromatic carboxylic acids is 1. The van der Waals surface area contributed by atoms with E-state index in [0.717, 1.165) is 0 Å². The summed E-state index contributed by atoms with van der Waals surface area (Å²) in [5, 5.41) is 17.5. The molecule has 1 rings (SSSR count). The van der Waals surface area contributed by atoms with Gasteiger partial charge in [0.1, 0.15) is 11.3 Å². The van der Waals surface area contributed by atoms with Gasteiger partial charge in [0.15, 0.2) is 0 Å². The summed E-state index contributed by atoms with van der Waals surface area (Å²) in [6.07, 6.45) is 0. The van der Waals surface area contributed by atoms with Crippen molar-refractivity contribution in [2.24, 2.45) is 0 Å². The van der Waals surface area contributed by atoms with E-state index in [-0.39, 0.29) is 51.8 Å². The van der Waals surface area contributed by atoms with Crippen LogP contribution in [0.3, 0.4) is 0 Å². The molecule has 0 fully saturated rings. The maximum absolute atomic E-state index is 10.3. The summed E-state index contributed by atoms with van der Waals surface area (Å²) in [5.41, 5.74) is 5.48. The topological polar surface area (TPSA) is 147 Å². The van der Waals surface area contributed by atoms with E-state index in [1.165, 1.54) is 18.2 Å². The number of carboxylic acid groups (broad SMARTS) is 1. The zero-order chi connectivity index (χ0) is 8.43. The molecule has 0 aliphatic heterocycles. The predicted octanol–water partition coefficient (Wildman–Crippen LogP) is -1.63. The zero-order valence-electron chi connectivity index (χ0n) is 6.61. The predicted molar refractivity (Wildman–Crippen MR) is 53.9 cm³/mol. The molecule has 7 heteroatoms. The second-order valence-electron chi connectivity index (χ2n) is 2.08. The van der Waals surface area contributed by atoms with Gasteiger partial charge in [0.05, 0.1) is 0 Å². The quantitative estimate of drug-likeness (QED) is 0.379. The number of hydrogen-bond donors (Lipinski definition) is 3. The van der Waals surface area contributed by atoms with Gasteiger partial charge in [-0.25, -0.2) is 4.79 Å². The van der Waals surface area contributed by atoms with Crippen LogP contribution in [0.1, 0.15) is 10.4 Å². The summed E-state index contributed by atoms with van der Waals surface area (Å²) in [7, 11) is 0. The van der Waals surface area contributed by atoms with E-state index in [1.807, 2.05) is 0 Å². The van der Waals surface area contributed by atoms with Crippen LogP contribution in [0.2, 0.25) is 0 Å². The van der Waals surface area contributed by atoms with Crippen LogP contribution in [-0.4, -0.2) is 56.7 Å². The van der Waals surface area contributed by atoms with Crippen LogP contribution in [0.5, 0.6) is 5.75 Å². The van der Waals surface area contributed by atoms with Crippen molar-refractivity contribution in [2.45, 2.75) is 0 Å². The Morgan fingerprint density at radius 2 is 1.79 bits per heavy atom. The Bertz CT molecular complexity index is 304. The molecule has 0 heterocycles. The third-order valence-corrected chi connectivity index (χ3v) is 1.25. The van der Waals surface area contributed by atoms with Crippen molar-refractivity contribution in [1.29, 1.82) is 0 Å². The number of rotatable bonds is 1. The third kappa shape index (κ3) is 4.45. The fourth-order valence-electron chi connectivity index (χ4n) is 0.730. The number of hydrogen-bond acceptors (Lipinski definition) is 3. The Labute approximate surface area is 102 Å². The first-order chi connectivity index (χ1) is 5.11. The molecule has 0 amide bonds. The van der Waals surface area contributed by atoms with E-state index in [1.54, 1.807) is 0 Å². The Morgan fingerprint density at radius 3 is 2.14 bits per heavy atom. The number of nitrogen functional groups attached to an aromatic ring is 1. The average molecular weight is 213 g/mol. The van der Waals surface area contributed by atoms with Gasteiger partial charge in [-0.2, -0.15) is 0 Å². The molecule has 6 nitrogen and oxygen atoms in total. The molecule has 0 unspecified atom stereocenters. The SMILES string of the molecule is Nc1ccc(C(=O)O)c(O)c1.O.O.[NaH]. The van der Waals surface area contributed by atoms with Crippen molar-refractivity contribution in [2.75, 3.05) is 5.73 Å². The van der Waals surface area contributed by atoms with Crippen LogP contribution in [0.15, 0.2) is 18.2 Å². The molecule has 0 bridgehead atoms. The number of carboxylic acids is 1. The summed E-state index contributed by atoms with van der Waals surface area (Å²) in [4.78, 5) is 10.3. The summed E-state index contributed by atoms with van der Waals surface area (Å²) in [6.45, 7) is 0. The van der Waals surface area contributed by atoms with E-state index >= 15 is 0 Å². The molecule has 1 aromatic rings. The van der Waals surface area contributed by atoms with Gasteiger partial charge in [-0.1, -0.05) is 0 Å². The van der Waals surface area contributed by atoms with Crippen molar-refractivity contribution in [1.82, 2.24) is 0 Å². The number of phenols is 1. The fourth-order valence-corrected chi connectivity index (χ4v) is 0.730. The number of aromatic hydroxyl groups is 1. The number of nitrogens with two attached hydrogens (primary N) is 1. The summed E-state index contributed by atoms with van der Waals surface area (Å²) in [6, 6.07) is 3.87. The van der Waals surface area contributed by atoms with E-state index in [2.05, 4.69) is 0 Å². The first-order valence-electron chi connectivity index (χ1n) is 2.93. The second kappa shape index (κ2) is 7.60. The van der Waals surface area contributed by atoms with Gasteiger partial charge < -0.3 is 26.9 Å². The second-order valence-corrected chi connectivity index (χ2v) is 2.08. The van der Waals surface area contributed by atoms with Crippen molar-refractivity contribution in [3.05, 3.63) is 23.8 Å². The zero-order valence-corrected chi connectivity index (χ0v) is 6.61. The summed E-state index contributed by atoms with van der Waals surface area (Å²) >= 11 is 0. The molecule has 0 spiro atoms. The first kappa shape index (κ1) is 18.9. The van der Waals surface area contributed by atoms with Crippen molar-refractivity contribution in [3.8, 4) is 5.75 Å². The molecule has 0 aliphatic carbocycles. The van der Waals surface area contributed by atoms with Gasteiger partial charge in [0.25, 0.3) is 0 Å². The van der Waals surface area contributed by atoms with Crippen LogP contribution in [0.25, 0.3) is 0 Å². The molecule has 0 atom stereocenters. The van der Waals surface area contributed by atoms with E-state index in [9.17, 15) is 4.79 Å². The van der Waals surface area contributed by atoms with E-state index in [0.29, 0.717) is 5.69 Å². The Morgan fingerprint density at radius 1 is 1.29 bits per heavy atom. The van der Waals surface area contributed by atoms with Crippen LogP contribution in [0.4, 0.5) is 5.69 Å². The summed E-state index contributed by atoms with van der Waals surface area (Å²) in [5.74, 6) is -1.47. The van der Waals surface area contributed by atoms with Crippen LogP contribution < -0.4 is 5.73 Å². The van der Waals surface area contributed by atoms with Crippen molar-refractivity contribution in [3.63, 3.8) is 0 Å². The fraction of sp³-hybridized carbons (Fsp3) is 0. The van der Waals surface area contributed by atoms with Gasteiger partial charge in [-0.05, 0) is 12.1 Å². The third-order valence-electron chi connectivity index (χ3n) is 1.25. The maximum atomic E-state index is 10.3. The standard InChI is InChI=1S/C7H7NO3.Na.2H2O.H/c8-4-1-2-5(7(10)11)6(9)3-4;;;;/h1-3,9H,8H2,(H,10,11);;2*1H2;. The molecule has 0 radical (unpaired) electrons. The minimum atomic E-state index is -1.16. The molecule has 0 aromatic heterocycles. The van der Waals surface area contributed by atoms with Crippen LogP contribution in [-0.2, 0) is 0 Å². The molecule has 0 saturated heterocycles. The van der Waals surface area contributed by atoms with Crippen LogP contribution >= 0.6 is 0 Å². The van der Waals surface area contributed by atoms with Gasteiger partial charge in [-0.3, -0.25) is 0 Å². The number of anilines is 1. The molecular formula is C7H12NNaO5. The summed E-state index contributed by atoms with van der Waals surface area (Å²) < 4.78 is 0. The molecule has 8 N–H and O–H groups in total. The van der Waals surface area contributed by atoms with Gasteiger partial charge in [0.2, 0.25) is 0 Å². The number of carbonyl (C=O) groups is 1. The average Bonchev–Trinajstić information content (AvgIpc) is 1.85. The van der Waals surface area contributed by atoms with Gasteiger partial charge in [-0.15, -0.1) is 0 Å². The van der Waals surface area contributed by atoms with Gasteiger partial charge >= 0.3 is 35.5 Å².